The molecule has 0 aromatic carbocycles. The molecule has 0 amide bonds. The molecular weight excluding hydrogens is 222 g/mol. The first-order valence-corrected chi connectivity index (χ1v) is 7.13. The molecule has 2 rings (SSSR count). The zero-order valence-electron chi connectivity index (χ0n) is 11.6. The number of aromatic nitrogens is 1. The molecule has 1 aliphatic rings. The summed E-state index contributed by atoms with van der Waals surface area (Å²) in [5.41, 5.74) is 8.17. The van der Waals surface area contributed by atoms with Crippen LogP contribution in [0.15, 0.2) is 18.3 Å². The van der Waals surface area contributed by atoms with Crippen molar-refractivity contribution >= 4 is 5.69 Å². The molecule has 0 spiro atoms. The Labute approximate surface area is 110 Å². The van der Waals surface area contributed by atoms with E-state index in [1.54, 1.807) is 0 Å². The topological polar surface area (TPSA) is 42.1 Å². The zero-order chi connectivity index (χ0) is 13.0. The fourth-order valence-corrected chi connectivity index (χ4v) is 2.74. The van der Waals surface area contributed by atoms with Gasteiger partial charge in [0, 0.05) is 19.6 Å². The van der Waals surface area contributed by atoms with E-state index in [9.17, 15) is 0 Å². The molecule has 100 valence electrons. The van der Waals surface area contributed by atoms with E-state index in [0.717, 1.165) is 24.6 Å². The van der Waals surface area contributed by atoms with Crippen LogP contribution in [0.3, 0.4) is 0 Å². The molecule has 1 heterocycles. The first-order valence-electron chi connectivity index (χ1n) is 7.13. The number of nitrogens with two attached hydrogens (primary N) is 1. The molecular formula is C15H25N3. The van der Waals surface area contributed by atoms with Crippen LogP contribution in [0, 0.1) is 5.92 Å². The van der Waals surface area contributed by atoms with Crippen molar-refractivity contribution < 1.29 is 0 Å². The zero-order valence-corrected chi connectivity index (χ0v) is 11.6. The van der Waals surface area contributed by atoms with E-state index in [1.807, 2.05) is 6.20 Å². The Hall–Kier alpha value is -1.09. The molecule has 0 aliphatic heterocycles. The minimum atomic E-state index is 0.0687. The Bertz CT molecular complexity index is 355. The maximum absolute atomic E-state index is 5.98. The van der Waals surface area contributed by atoms with Crippen LogP contribution in [0.2, 0.25) is 0 Å². The van der Waals surface area contributed by atoms with Gasteiger partial charge in [0.2, 0.25) is 0 Å². The van der Waals surface area contributed by atoms with Crippen LogP contribution in [0.25, 0.3) is 0 Å². The summed E-state index contributed by atoms with van der Waals surface area (Å²) in [4.78, 5) is 6.80. The fraction of sp³-hybridized carbons (Fsp3) is 0.667. The van der Waals surface area contributed by atoms with Crippen LogP contribution < -0.4 is 10.6 Å². The van der Waals surface area contributed by atoms with Crippen LogP contribution >= 0.6 is 0 Å². The highest BCUT2D eigenvalue weighted by atomic mass is 15.1. The third-order valence-corrected chi connectivity index (χ3v) is 4.04. The number of pyridine rings is 1. The average Bonchev–Trinajstić information content (AvgIpc) is 2.91. The van der Waals surface area contributed by atoms with Gasteiger partial charge in [0.15, 0.2) is 0 Å². The molecule has 1 aliphatic carbocycles. The highest BCUT2D eigenvalue weighted by Gasteiger charge is 2.17. The molecule has 18 heavy (non-hydrogen) atoms. The average molecular weight is 247 g/mol. The molecule has 1 aromatic heterocycles. The Morgan fingerprint density at radius 1 is 1.39 bits per heavy atom. The quantitative estimate of drug-likeness (QED) is 0.869. The molecule has 1 saturated carbocycles. The van der Waals surface area contributed by atoms with E-state index in [-0.39, 0.29) is 6.04 Å². The van der Waals surface area contributed by atoms with Crippen molar-refractivity contribution in [3.8, 4) is 0 Å². The lowest BCUT2D eigenvalue weighted by atomic mass is 10.1. The highest BCUT2D eigenvalue weighted by molar-refractivity contribution is 5.44. The van der Waals surface area contributed by atoms with Crippen molar-refractivity contribution in [3.63, 3.8) is 0 Å². The van der Waals surface area contributed by atoms with E-state index in [4.69, 9.17) is 5.73 Å². The predicted octanol–water partition coefficient (Wildman–Crippen LogP) is 3.12. The van der Waals surface area contributed by atoms with Gasteiger partial charge >= 0.3 is 0 Å². The van der Waals surface area contributed by atoms with E-state index in [0.29, 0.717) is 0 Å². The Kier molecular flexibility index (Phi) is 4.59. The molecule has 1 atom stereocenters. The van der Waals surface area contributed by atoms with E-state index in [2.05, 4.69) is 36.0 Å². The lowest BCUT2D eigenvalue weighted by molar-refractivity contribution is 0.546. The van der Waals surface area contributed by atoms with Crippen molar-refractivity contribution in [2.75, 3.05) is 18.5 Å². The van der Waals surface area contributed by atoms with Gasteiger partial charge in [0.25, 0.3) is 0 Å². The van der Waals surface area contributed by atoms with Crippen LogP contribution in [0.4, 0.5) is 5.69 Å². The van der Waals surface area contributed by atoms with Crippen LogP contribution in [-0.4, -0.2) is 18.6 Å². The number of nitrogens with zero attached hydrogens (tertiary/aromatic N) is 2. The van der Waals surface area contributed by atoms with Crippen molar-refractivity contribution in [2.24, 2.45) is 11.7 Å². The van der Waals surface area contributed by atoms with E-state index < -0.39 is 0 Å². The summed E-state index contributed by atoms with van der Waals surface area (Å²) in [6.07, 6.45) is 8.47. The molecule has 0 radical (unpaired) electrons. The molecule has 3 heteroatoms. The predicted molar refractivity (Wildman–Crippen MR) is 76.7 cm³/mol. The largest absolute Gasteiger partial charge is 0.373 e. The molecule has 0 saturated heterocycles. The van der Waals surface area contributed by atoms with Crippen molar-refractivity contribution in [2.45, 2.75) is 45.1 Å². The second-order valence-corrected chi connectivity index (χ2v) is 5.49. The Morgan fingerprint density at radius 2 is 2.11 bits per heavy atom. The second kappa shape index (κ2) is 6.19. The van der Waals surface area contributed by atoms with Crippen molar-refractivity contribution in [1.82, 2.24) is 4.98 Å². The first kappa shape index (κ1) is 13.3. The monoisotopic (exact) mass is 247 g/mol. The van der Waals surface area contributed by atoms with Gasteiger partial charge in [-0.25, -0.2) is 0 Å². The number of anilines is 1. The highest BCUT2D eigenvalue weighted by Crippen LogP contribution is 2.26. The standard InChI is InChI=1S/C15H25N3/c1-3-14(16)15-9-8-13(10-17-15)18(2)11-12-6-4-5-7-12/h8-10,12,14H,3-7,11,16H2,1-2H3. The summed E-state index contributed by atoms with van der Waals surface area (Å²) in [6.45, 7) is 3.24. The summed E-state index contributed by atoms with van der Waals surface area (Å²) in [6, 6.07) is 4.28. The van der Waals surface area contributed by atoms with E-state index in [1.165, 1.54) is 31.4 Å². The maximum atomic E-state index is 5.98. The van der Waals surface area contributed by atoms with Gasteiger partial charge in [-0.2, -0.15) is 0 Å². The van der Waals surface area contributed by atoms with Gasteiger partial charge in [0.1, 0.15) is 0 Å². The summed E-state index contributed by atoms with van der Waals surface area (Å²) >= 11 is 0. The van der Waals surface area contributed by atoms with Gasteiger partial charge in [-0.05, 0) is 37.3 Å². The van der Waals surface area contributed by atoms with Gasteiger partial charge in [-0.1, -0.05) is 19.8 Å². The van der Waals surface area contributed by atoms with Crippen LogP contribution in [-0.2, 0) is 0 Å². The van der Waals surface area contributed by atoms with Gasteiger partial charge < -0.3 is 10.6 Å². The Balaban J connectivity index is 1.95. The molecule has 1 fully saturated rings. The summed E-state index contributed by atoms with van der Waals surface area (Å²) in [5, 5.41) is 0. The van der Waals surface area contributed by atoms with Crippen molar-refractivity contribution in [1.29, 1.82) is 0 Å². The summed E-state index contributed by atoms with van der Waals surface area (Å²) in [7, 11) is 2.16. The van der Waals surface area contributed by atoms with Gasteiger partial charge in [-0.15, -0.1) is 0 Å². The number of rotatable bonds is 5. The van der Waals surface area contributed by atoms with Crippen LogP contribution in [0.5, 0.6) is 0 Å². The lowest BCUT2D eigenvalue weighted by Crippen LogP contribution is -2.24. The minimum absolute atomic E-state index is 0.0687. The molecule has 0 bridgehead atoms. The second-order valence-electron chi connectivity index (χ2n) is 5.49. The van der Waals surface area contributed by atoms with Crippen molar-refractivity contribution in [3.05, 3.63) is 24.0 Å². The van der Waals surface area contributed by atoms with Gasteiger partial charge in [-0.3, -0.25) is 4.98 Å². The third-order valence-electron chi connectivity index (χ3n) is 4.04. The lowest BCUT2D eigenvalue weighted by Gasteiger charge is -2.23. The van der Waals surface area contributed by atoms with Gasteiger partial charge in [0.05, 0.1) is 17.6 Å². The summed E-state index contributed by atoms with van der Waals surface area (Å²) < 4.78 is 0. The molecule has 1 aromatic rings. The number of hydrogen-bond donors (Lipinski definition) is 1. The number of hydrogen-bond acceptors (Lipinski definition) is 3. The molecule has 2 N–H and O–H groups in total. The Morgan fingerprint density at radius 3 is 2.67 bits per heavy atom. The minimum Gasteiger partial charge on any atom is -0.373 e. The van der Waals surface area contributed by atoms with E-state index >= 15 is 0 Å². The van der Waals surface area contributed by atoms with Crippen LogP contribution in [0.1, 0.15) is 50.8 Å². The summed E-state index contributed by atoms with van der Waals surface area (Å²) in [5.74, 6) is 0.868. The normalized spacial score (nSPS) is 17.9. The maximum Gasteiger partial charge on any atom is 0.0572 e. The third kappa shape index (κ3) is 3.22. The smallest absolute Gasteiger partial charge is 0.0572 e. The molecule has 3 nitrogen and oxygen atoms in total. The fourth-order valence-electron chi connectivity index (χ4n) is 2.74. The SMILES string of the molecule is CCC(N)c1ccc(N(C)CC2CCCC2)cn1. The molecule has 1 unspecified atom stereocenters. The first-order chi connectivity index (χ1) is 8.70.